The summed E-state index contributed by atoms with van der Waals surface area (Å²) < 4.78 is 10.3. The van der Waals surface area contributed by atoms with Gasteiger partial charge >= 0.3 is 11.9 Å². The first-order valence-electron chi connectivity index (χ1n) is 8.76. The molecular weight excluding hydrogens is 322 g/mol. The number of nitrogens with one attached hydrogen (secondary N) is 1. The zero-order valence-corrected chi connectivity index (χ0v) is 14.4. The Morgan fingerprint density at radius 3 is 2.64 bits per heavy atom. The molecule has 1 heterocycles. The van der Waals surface area contributed by atoms with Gasteiger partial charge in [-0.1, -0.05) is 18.6 Å². The maximum absolute atomic E-state index is 11.6. The predicted molar refractivity (Wildman–Crippen MR) is 92.3 cm³/mol. The van der Waals surface area contributed by atoms with Crippen molar-refractivity contribution in [2.45, 2.75) is 57.5 Å². The van der Waals surface area contributed by atoms with Crippen molar-refractivity contribution in [3.05, 3.63) is 36.1 Å². The second kappa shape index (κ2) is 9.81. The molecule has 1 N–H and O–H groups in total. The van der Waals surface area contributed by atoms with Crippen LogP contribution >= 0.6 is 0 Å². The standard InChI is InChI=1S/C19H25NO5/c1-14-12-15(13-17(21)20-14)6-5-11-24-18(22)9-10-19(23)25-16-7-3-2-4-8-16/h9-10,13,16H,1-8,11-12H2,(H,20,21)/b10-9+. The van der Waals surface area contributed by atoms with E-state index in [2.05, 4.69) is 11.9 Å². The molecule has 6 heteroatoms. The van der Waals surface area contributed by atoms with Gasteiger partial charge in [-0.3, -0.25) is 4.79 Å². The van der Waals surface area contributed by atoms with Gasteiger partial charge < -0.3 is 14.8 Å². The lowest BCUT2D eigenvalue weighted by atomic mass is 9.98. The van der Waals surface area contributed by atoms with Crippen LogP contribution in [0.2, 0.25) is 0 Å². The first-order chi connectivity index (χ1) is 12.0. The summed E-state index contributed by atoms with van der Waals surface area (Å²) >= 11 is 0. The summed E-state index contributed by atoms with van der Waals surface area (Å²) in [6, 6.07) is 0. The largest absolute Gasteiger partial charge is 0.463 e. The third kappa shape index (κ3) is 7.37. The van der Waals surface area contributed by atoms with Crippen LogP contribution in [0.15, 0.2) is 36.1 Å². The lowest BCUT2D eigenvalue weighted by Gasteiger charge is -2.20. The normalized spacial score (nSPS) is 18.6. The molecule has 0 saturated heterocycles. The fourth-order valence-corrected chi connectivity index (χ4v) is 2.97. The van der Waals surface area contributed by atoms with E-state index < -0.39 is 11.9 Å². The smallest absolute Gasteiger partial charge is 0.331 e. The quantitative estimate of drug-likeness (QED) is 0.435. The Morgan fingerprint density at radius 2 is 1.92 bits per heavy atom. The summed E-state index contributed by atoms with van der Waals surface area (Å²) in [5.74, 6) is -1.23. The highest BCUT2D eigenvalue weighted by molar-refractivity contribution is 5.92. The number of esters is 2. The average Bonchev–Trinajstić information content (AvgIpc) is 2.57. The highest BCUT2D eigenvalue weighted by atomic mass is 16.5. The third-order valence-electron chi connectivity index (χ3n) is 4.15. The van der Waals surface area contributed by atoms with Crippen molar-refractivity contribution in [3.8, 4) is 0 Å². The molecule has 0 aromatic carbocycles. The molecule has 0 atom stereocenters. The molecule has 0 unspecified atom stereocenters. The fraction of sp³-hybridized carbons (Fsp3) is 0.526. The van der Waals surface area contributed by atoms with Crippen molar-refractivity contribution in [2.75, 3.05) is 6.61 Å². The number of hydrogen-bond acceptors (Lipinski definition) is 5. The molecule has 1 aliphatic heterocycles. The van der Waals surface area contributed by atoms with Crippen molar-refractivity contribution >= 4 is 17.8 Å². The summed E-state index contributed by atoms with van der Waals surface area (Å²) in [6.45, 7) is 3.97. The topological polar surface area (TPSA) is 81.7 Å². The molecular formula is C19H25NO5. The van der Waals surface area contributed by atoms with Crippen molar-refractivity contribution in [2.24, 2.45) is 0 Å². The molecule has 0 spiro atoms. The van der Waals surface area contributed by atoms with Gasteiger partial charge in [0.25, 0.3) is 0 Å². The summed E-state index contributed by atoms with van der Waals surface area (Å²) in [4.78, 5) is 34.6. The van der Waals surface area contributed by atoms with Gasteiger partial charge in [-0.25, -0.2) is 9.59 Å². The van der Waals surface area contributed by atoms with Crippen LogP contribution in [0.4, 0.5) is 0 Å². The molecule has 1 aliphatic carbocycles. The molecule has 6 nitrogen and oxygen atoms in total. The summed E-state index contributed by atoms with van der Waals surface area (Å²) in [5.41, 5.74) is 1.65. The molecule has 25 heavy (non-hydrogen) atoms. The van der Waals surface area contributed by atoms with Crippen molar-refractivity contribution < 1.29 is 23.9 Å². The summed E-state index contributed by atoms with van der Waals surface area (Å²) in [7, 11) is 0. The number of carbonyl (C=O) groups is 3. The van der Waals surface area contributed by atoms with Gasteiger partial charge in [-0.2, -0.15) is 0 Å². The minimum Gasteiger partial charge on any atom is -0.463 e. The van der Waals surface area contributed by atoms with Crippen LogP contribution in [0.5, 0.6) is 0 Å². The molecule has 1 saturated carbocycles. The number of allylic oxidation sites excluding steroid dienone is 1. The SMILES string of the molecule is C=C1CC(CCCOC(=O)/C=C/C(=O)OC2CCCCC2)=CC(=O)N1. The van der Waals surface area contributed by atoms with E-state index in [1.807, 2.05) is 0 Å². The Kier molecular flexibility index (Phi) is 7.44. The van der Waals surface area contributed by atoms with E-state index in [1.165, 1.54) is 6.42 Å². The molecule has 0 aromatic rings. The molecule has 0 radical (unpaired) electrons. The molecule has 2 rings (SSSR count). The van der Waals surface area contributed by atoms with Gasteiger partial charge in [0.1, 0.15) is 6.10 Å². The second-order valence-electron chi connectivity index (χ2n) is 6.37. The van der Waals surface area contributed by atoms with Crippen LogP contribution in [0.25, 0.3) is 0 Å². The van der Waals surface area contributed by atoms with Gasteiger partial charge in [-0.15, -0.1) is 0 Å². The number of rotatable bonds is 7. The van der Waals surface area contributed by atoms with Crippen LogP contribution in [0, 0.1) is 0 Å². The Labute approximate surface area is 147 Å². The van der Waals surface area contributed by atoms with Gasteiger partial charge in [0, 0.05) is 30.3 Å². The summed E-state index contributed by atoms with van der Waals surface area (Å²) in [5, 5.41) is 2.63. The zero-order valence-electron chi connectivity index (χ0n) is 14.4. The van der Waals surface area contributed by atoms with E-state index in [9.17, 15) is 14.4 Å². The highest BCUT2D eigenvalue weighted by Crippen LogP contribution is 2.20. The molecule has 1 amide bonds. The molecule has 136 valence electrons. The van der Waals surface area contributed by atoms with Crippen molar-refractivity contribution in [1.82, 2.24) is 5.32 Å². The zero-order chi connectivity index (χ0) is 18.1. The lowest BCUT2D eigenvalue weighted by Crippen LogP contribution is -2.24. The molecule has 0 bridgehead atoms. The number of hydrogen-bond donors (Lipinski definition) is 1. The van der Waals surface area contributed by atoms with E-state index in [0.717, 1.165) is 43.4 Å². The number of carbonyl (C=O) groups excluding carboxylic acids is 3. The van der Waals surface area contributed by atoms with Crippen molar-refractivity contribution in [1.29, 1.82) is 0 Å². The predicted octanol–water partition coefficient (Wildman–Crippen LogP) is 2.70. The monoisotopic (exact) mass is 347 g/mol. The Bertz CT molecular complexity index is 585. The van der Waals surface area contributed by atoms with E-state index in [1.54, 1.807) is 6.08 Å². The number of amides is 1. The second-order valence-corrected chi connectivity index (χ2v) is 6.37. The summed E-state index contributed by atoms with van der Waals surface area (Å²) in [6.07, 6.45) is 10.8. The van der Waals surface area contributed by atoms with Crippen LogP contribution < -0.4 is 5.32 Å². The first-order valence-corrected chi connectivity index (χ1v) is 8.76. The maximum Gasteiger partial charge on any atom is 0.331 e. The fourth-order valence-electron chi connectivity index (χ4n) is 2.97. The van der Waals surface area contributed by atoms with Crippen LogP contribution in [0.3, 0.4) is 0 Å². The van der Waals surface area contributed by atoms with Crippen LogP contribution in [-0.2, 0) is 23.9 Å². The molecule has 1 fully saturated rings. The average molecular weight is 347 g/mol. The highest BCUT2D eigenvalue weighted by Gasteiger charge is 2.16. The van der Waals surface area contributed by atoms with E-state index in [0.29, 0.717) is 25.0 Å². The van der Waals surface area contributed by atoms with Gasteiger partial charge in [0.15, 0.2) is 0 Å². The first kappa shape index (κ1) is 19.0. The van der Waals surface area contributed by atoms with Crippen molar-refractivity contribution in [3.63, 3.8) is 0 Å². The maximum atomic E-state index is 11.6. The van der Waals surface area contributed by atoms with Crippen LogP contribution in [0.1, 0.15) is 51.4 Å². The number of ether oxygens (including phenoxy) is 2. The van der Waals surface area contributed by atoms with Crippen LogP contribution in [-0.4, -0.2) is 30.6 Å². The van der Waals surface area contributed by atoms with Gasteiger partial charge in [0.05, 0.1) is 6.61 Å². The molecule has 0 aromatic heterocycles. The van der Waals surface area contributed by atoms with Gasteiger partial charge in [-0.05, 0) is 38.5 Å². The Balaban J connectivity index is 1.60. The minimum atomic E-state index is -0.569. The van der Waals surface area contributed by atoms with E-state index in [-0.39, 0.29) is 18.6 Å². The van der Waals surface area contributed by atoms with E-state index >= 15 is 0 Å². The lowest BCUT2D eigenvalue weighted by molar-refractivity contribution is -0.145. The Hall–Kier alpha value is -2.37. The molecule has 2 aliphatic rings. The third-order valence-corrected chi connectivity index (χ3v) is 4.15. The van der Waals surface area contributed by atoms with Gasteiger partial charge in [0.2, 0.25) is 5.91 Å². The minimum absolute atomic E-state index is 0.0300. The van der Waals surface area contributed by atoms with E-state index in [4.69, 9.17) is 9.47 Å². The Morgan fingerprint density at radius 1 is 1.20 bits per heavy atom.